The van der Waals surface area contributed by atoms with Gasteiger partial charge >= 0.3 is 0 Å². The fourth-order valence-electron chi connectivity index (χ4n) is 6.21. The van der Waals surface area contributed by atoms with Crippen LogP contribution < -0.4 is 4.90 Å². The molecule has 2 bridgehead atoms. The van der Waals surface area contributed by atoms with E-state index in [2.05, 4.69) is 10.1 Å². The van der Waals surface area contributed by atoms with Crippen LogP contribution in [0.3, 0.4) is 0 Å². The summed E-state index contributed by atoms with van der Waals surface area (Å²) < 4.78 is 51.7. The first-order valence-electron chi connectivity index (χ1n) is 13.9. The standard InChI is InChI=1S/C29H28Cl2FN3O5S/c30-21-2-1-3-22(31)26(21)27-20(28(40-34-27)15-4-5-15)13-39-25-10-18-8-17(25)12-35(18)29-23(32)9-16(11-33-29)24(36)14-41(37,38)19-6-7-19/h1-3,9,11,15,17-19,25H,4-8,10,12-14H2/t17-,18-,25+/m0/s1. The topological polar surface area (TPSA) is 103 Å². The maximum Gasteiger partial charge on any atom is 0.179 e. The molecule has 3 atom stereocenters. The third-order valence-electron chi connectivity index (χ3n) is 8.67. The van der Waals surface area contributed by atoms with Gasteiger partial charge in [0.25, 0.3) is 0 Å². The van der Waals surface area contributed by atoms with Crippen molar-refractivity contribution in [2.45, 2.75) is 68.4 Å². The minimum Gasteiger partial charge on any atom is -0.373 e. The summed E-state index contributed by atoms with van der Waals surface area (Å²) in [6.07, 6.45) is 6.06. The van der Waals surface area contributed by atoms with Gasteiger partial charge in [0.15, 0.2) is 27.3 Å². The van der Waals surface area contributed by atoms with Gasteiger partial charge < -0.3 is 14.2 Å². The number of benzene rings is 1. The molecule has 0 amide bonds. The average Bonchev–Trinajstić information content (AvgIpc) is 3.86. The maximum absolute atomic E-state index is 15.1. The Hall–Kier alpha value is -2.53. The lowest BCUT2D eigenvalue weighted by Gasteiger charge is -2.32. The van der Waals surface area contributed by atoms with Gasteiger partial charge in [0, 0.05) is 47.3 Å². The predicted molar refractivity (Wildman–Crippen MR) is 152 cm³/mol. The zero-order valence-corrected chi connectivity index (χ0v) is 24.4. The van der Waals surface area contributed by atoms with Crippen LogP contribution in [0.15, 0.2) is 35.0 Å². The van der Waals surface area contributed by atoms with Gasteiger partial charge in [-0.2, -0.15) is 0 Å². The van der Waals surface area contributed by atoms with Crippen molar-refractivity contribution < 1.29 is 26.9 Å². The Morgan fingerprint density at radius 2 is 1.90 bits per heavy atom. The first-order valence-corrected chi connectivity index (χ1v) is 16.4. The summed E-state index contributed by atoms with van der Waals surface area (Å²) in [4.78, 5) is 18.7. The fraction of sp³-hybridized carbons (Fsp3) is 0.483. The quantitative estimate of drug-likeness (QED) is 0.254. The highest BCUT2D eigenvalue weighted by Crippen LogP contribution is 2.47. The van der Waals surface area contributed by atoms with E-state index in [4.69, 9.17) is 32.5 Å². The number of nitrogens with zero attached hydrogens (tertiary/aromatic N) is 3. The first kappa shape index (κ1) is 27.3. The van der Waals surface area contributed by atoms with E-state index >= 15 is 4.39 Å². The number of piperidine rings is 1. The molecule has 1 aromatic carbocycles. The van der Waals surface area contributed by atoms with Crippen LogP contribution in [0.2, 0.25) is 10.0 Å². The summed E-state index contributed by atoms with van der Waals surface area (Å²) in [6, 6.07) is 6.49. The number of carbonyl (C=O) groups excluding carboxylic acids is 1. The lowest BCUT2D eigenvalue weighted by atomic mass is 10.0. The van der Waals surface area contributed by atoms with Gasteiger partial charge in [-0.05, 0) is 56.7 Å². The van der Waals surface area contributed by atoms with E-state index in [9.17, 15) is 13.2 Å². The highest BCUT2D eigenvalue weighted by atomic mass is 35.5. The summed E-state index contributed by atoms with van der Waals surface area (Å²) in [5, 5.41) is 4.89. The summed E-state index contributed by atoms with van der Waals surface area (Å²) in [7, 11) is -3.48. The van der Waals surface area contributed by atoms with E-state index in [0.29, 0.717) is 59.6 Å². The number of ether oxygens (including phenoxy) is 1. The second-order valence-corrected chi connectivity index (χ2v) is 14.7. The largest absolute Gasteiger partial charge is 0.373 e. The molecule has 7 rings (SSSR count). The molecular formula is C29H28Cl2FN3O5S. The number of sulfone groups is 1. The molecule has 0 N–H and O–H groups in total. The van der Waals surface area contributed by atoms with E-state index in [-0.39, 0.29) is 29.4 Å². The van der Waals surface area contributed by atoms with Gasteiger partial charge in [-0.1, -0.05) is 34.4 Å². The van der Waals surface area contributed by atoms with E-state index in [0.717, 1.165) is 36.7 Å². The number of carbonyl (C=O) groups is 1. The number of anilines is 1. The predicted octanol–water partition coefficient (Wildman–Crippen LogP) is 6.00. The molecule has 3 heterocycles. The van der Waals surface area contributed by atoms with Crippen molar-refractivity contribution in [3.8, 4) is 11.3 Å². The van der Waals surface area contributed by atoms with E-state index in [1.807, 2.05) is 4.90 Å². The molecule has 2 aromatic heterocycles. The molecular weight excluding hydrogens is 592 g/mol. The molecule has 3 aliphatic carbocycles. The molecule has 0 unspecified atom stereocenters. The third-order valence-corrected chi connectivity index (χ3v) is 11.4. The van der Waals surface area contributed by atoms with Crippen LogP contribution in [0.4, 0.5) is 10.2 Å². The average molecular weight is 621 g/mol. The zero-order chi connectivity index (χ0) is 28.5. The Labute approximate surface area is 247 Å². The van der Waals surface area contributed by atoms with Gasteiger partial charge in [0.1, 0.15) is 17.2 Å². The molecule has 0 spiro atoms. The molecule has 41 heavy (non-hydrogen) atoms. The molecule has 0 radical (unpaired) electrons. The third kappa shape index (κ3) is 5.17. The van der Waals surface area contributed by atoms with E-state index in [1.165, 1.54) is 6.20 Å². The van der Waals surface area contributed by atoms with Crippen molar-refractivity contribution in [2.24, 2.45) is 5.92 Å². The highest BCUT2D eigenvalue weighted by Gasteiger charge is 2.47. The van der Waals surface area contributed by atoms with Crippen LogP contribution in [-0.2, 0) is 21.2 Å². The number of hydrogen-bond donors (Lipinski definition) is 0. The summed E-state index contributed by atoms with van der Waals surface area (Å²) in [5.41, 5.74) is 2.10. The van der Waals surface area contributed by atoms with Gasteiger partial charge in [0.2, 0.25) is 0 Å². The SMILES string of the molecule is O=C(CS(=O)(=O)C1CC1)c1cnc(N2C[C@@H]3C[C@H]2C[C@H]3OCc2c(-c3c(Cl)cccc3Cl)noc2C2CC2)c(F)c1. The zero-order valence-electron chi connectivity index (χ0n) is 22.1. The number of halogens is 3. The monoisotopic (exact) mass is 619 g/mol. The smallest absolute Gasteiger partial charge is 0.179 e. The summed E-state index contributed by atoms with van der Waals surface area (Å²) in [6.45, 7) is 0.887. The Kier molecular flexibility index (Phi) is 6.88. The van der Waals surface area contributed by atoms with Crippen LogP contribution >= 0.6 is 23.2 Å². The van der Waals surface area contributed by atoms with Crippen molar-refractivity contribution in [3.05, 3.63) is 63.2 Å². The highest BCUT2D eigenvalue weighted by molar-refractivity contribution is 7.93. The minimum atomic E-state index is -3.48. The molecule has 1 saturated heterocycles. The Balaban J connectivity index is 1.03. The van der Waals surface area contributed by atoms with Crippen LogP contribution in [0.1, 0.15) is 66.1 Å². The van der Waals surface area contributed by atoms with Gasteiger partial charge in [-0.15, -0.1) is 0 Å². The molecule has 1 aliphatic heterocycles. The van der Waals surface area contributed by atoms with Gasteiger partial charge in [-0.3, -0.25) is 4.79 Å². The number of Topliss-reactive ketones (excluding diaryl/α,β-unsaturated/α-hetero) is 1. The van der Waals surface area contributed by atoms with Crippen LogP contribution in [0.25, 0.3) is 11.3 Å². The number of rotatable bonds is 10. The van der Waals surface area contributed by atoms with Crippen LogP contribution in [0.5, 0.6) is 0 Å². The maximum atomic E-state index is 15.1. The minimum absolute atomic E-state index is 0.0179. The lowest BCUT2D eigenvalue weighted by Crippen LogP contribution is -2.39. The molecule has 216 valence electrons. The number of fused-ring (bicyclic) bond motifs is 2. The van der Waals surface area contributed by atoms with Crippen molar-refractivity contribution in [2.75, 3.05) is 17.2 Å². The van der Waals surface area contributed by atoms with E-state index < -0.39 is 32.4 Å². The number of ketones is 1. The first-order chi connectivity index (χ1) is 19.7. The Morgan fingerprint density at radius 3 is 2.54 bits per heavy atom. The lowest BCUT2D eigenvalue weighted by molar-refractivity contribution is 0.0121. The summed E-state index contributed by atoms with van der Waals surface area (Å²) >= 11 is 13.0. The van der Waals surface area contributed by atoms with Crippen LogP contribution in [0, 0.1) is 11.7 Å². The second kappa shape index (κ2) is 10.3. The molecule has 3 saturated carbocycles. The second-order valence-electron chi connectivity index (χ2n) is 11.6. The Bertz CT molecular complexity index is 1620. The fourth-order valence-corrected chi connectivity index (χ4v) is 8.41. The van der Waals surface area contributed by atoms with Gasteiger partial charge in [0.05, 0.1) is 28.0 Å². The van der Waals surface area contributed by atoms with E-state index in [1.54, 1.807) is 18.2 Å². The van der Waals surface area contributed by atoms with Crippen molar-refractivity contribution in [1.29, 1.82) is 0 Å². The van der Waals surface area contributed by atoms with Gasteiger partial charge in [-0.25, -0.2) is 17.8 Å². The number of pyridine rings is 1. The molecule has 8 nitrogen and oxygen atoms in total. The van der Waals surface area contributed by atoms with Crippen LogP contribution in [-0.4, -0.2) is 54.0 Å². The molecule has 4 aliphatic rings. The van der Waals surface area contributed by atoms with Crippen molar-refractivity contribution in [3.63, 3.8) is 0 Å². The number of aromatic nitrogens is 2. The summed E-state index contributed by atoms with van der Waals surface area (Å²) in [5.74, 6) is -0.334. The number of hydrogen-bond acceptors (Lipinski definition) is 8. The molecule has 3 aromatic rings. The molecule has 12 heteroatoms. The molecule has 4 fully saturated rings. The van der Waals surface area contributed by atoms with Crippen molar-refractivity contribution in [1.82, 2.24) is 10.1 Å². The van der Waals surface area contributed by atoms with Crippen molar-refractivity contribution >= 4 is 44.6 Å². The normalized spacial score (nSPS) is 23.9. The Morgan fingerprint density at radius 1 is 1.15 bits per heavy atom.